The fourth-order valence-corrected chi connectivity index (χ4v) is 5.37. The highest BCUT2D eigenvalue weighted by molar-refractivity contribution is 6.01. The summed E-state index contributed by atoms with van der Waals surface area (Å²) in [6.07, 6.45) is 1.61. The molecule has 0 radical (unpaired) electrons. The number of rotatable bonds is 8. The Labute approximate surface area is 223 Å². The van der Waals surface area contributed by atoms with Crippen LogP contribution in [-0.2, 0) is 4.79 Å². The molecule has 0 spiro atoms. The molecule has 0 unspecified atom stereocenters. The Hall–Kier alpha value is -3.50. The van der Waals surface area contributed by atoms with Gasteiger partial charge in [-0.2, -0.15) is 0 Å². The summed E-state index contributed by atoms with van der Waals surface area (Å²) in [4.78, 5) is 32.0. The lowest BCUT2D eigenvalue weighted by Gasteiger charge is -2.34. The Kier molecular flexibility index (Phi) is 7.90. The Bertz CT molecular complexity index is 1150. The molecule has 0 aliphatic carbocycles. The first-order chi connectivity index (χ1) is 18.4. The molecular weight excluding hydrogens is 486 g/mol. The number of anilines is 3. The number of aliphatic hydroxyl groups excluding tert-OH is 1. The van der Waals surface area contributed by atoms with Crippen LogP contribution in [-0.4, -0.2) is 92.5 Å². The fraction of sp³-hybridized carbons (Fsp3) is 0.500. The summed E-state index contributed by atoms with van der Waals surface area (Å²) in [7, 11) is 3.66. The molecule has 3 aliphatic heterocycles. The van der Waals surface area contributed by atoms with Crippen LogP contribution in [0.25, 0.3) is 0 Å². The number of hydrogen-bond acceptors (Lipinski definition) is 8. The summed E-state index contributed by atoms with van der Waals surface area (Å²) in [6.45, 7) is 5.04. The zero-order chi connectivity index (χ0) is 26.6. The first kappa shape index (κ1) is 26.1. The van der Waals surface area contributed by atoms with Gasteiger partial charge in [-0.05, 0) is 56.6 Å². The van der Waals surface area contributed by atoms with E-state index in [1.165, 1.54) is 12.8 Å². The molecule has 0 saturated carbocycles. The average Bonchev–Trinajstić information content (AvgIpc) is 3.39. The summed E-state index contributed by atoms with van der Waals surface area (Å²) in [6, 6.07) is 11.1. The lowest BCUT2D eigenvalue weighted by atomic mass is 10.1. The third-order valence-electron chi connectivity index (χ3n) is 7.59. The van der Waals surface area contributed by atoms with Crippen molar-refractivity contribution in [2.24, 2.45) is 0 Å². The van der Waals surface area contributed by atoms with Gasteiger partial charge in [-0.3, -0.25) is 9.59 Å². The summed E-state index contributed by atoms with van der Waals surface area (Å²) >= 11 is 0. The summed E-state index contributed by atoms with van der Waals surface area (Å²) < 4.78 is 11.4. The van der Waals surface area contributed by atoms with Crippen molar-refractivity contribution >= 4 is 28.9 Å². The molecule has 3 N–H and O–H groups in total. The normalized spacial score (nSPS) is 21.3. The molecular formula is C28H37N5O5. The van der Waals surface area contributed by atoms with Crippen molar-refractivity contribution in [2.45, 2.75) is 38.0 Å². The molecule has 2 amide bonds. The van der Waals surface area contributed by atoms with Crippen LogP contribution < -0.4 is 25.0 Å². The molecule has 2 atom stereocenters. The van der Waals surface area contributed by atoms with E-state index in [1.54, 1.807) is 17.0 Å². The van der Waals surface area contributed by atoms with E-state index in [-0.39, 0.29) is 17.9 Å². The van der Waals surface area contributed by atoms with Gasteiger partial charge >= 0.3 is 0 Å². The minimum absolute atomic E-state index is 0.0779. The number of carbonyl (C=O) groups excluding carboxylic acids is 2. The van der Waals surface area contributed by atoms with Gasteiger partial charge in [-0.15, -0.1) is 0 Å². The minimum atomic E-state index is -0.844. The third-order valence-corrected chi connectivity index (χ3v) is 7.59. The maximum absolute atomic E-state index is 13.1. The van der Waals surface area contributed by atoms with Crippen LogP contribution in [0.1, 0.15) is 36.0 Å². The first-order valence-electron chi connectivity index (χ1n) is 13.4. The third kappa shape index (κ3) is 5.66. The maximum atomic E-state index is 13.1. The number of nitrogens with zero attached hydrogens (tertiary/aromatic N) is 3. The number of piperazine rings is 1. The van der Waals surface area contributed by atoms with Gasteiger partial charge in [0.2, 0.25) is 5.91 Å². The topological polar surface area (TPSA) is 107 Å². The number of methoxy groups -OCH3 is 1. The fourth-order valence-electron chi connectivity index (χ4n) is 5.37. The number of carbonyl (C=O) groups is 2. The van der Waals surface area contributed by atoms with Gasteiger partial charge in [0.15, 0.2) is 11.5 Å². The molecule has 10 nitrogen and oxygen atoms in total. The number of hydrogen-bond donors (Lipinski definition) is 3. The smallest absolute Gasteiger partial charge is 0.256 e. The zero-order valence-electron chi connectivity index (χ0n) is 22.1. The summed E-state index contributed by atoms with van der Waals surface area (Å²) in [5.41, 5.74) is 2.92. The molecule has 204 valence electrons. The van der Waals surface area contributed by atoms with Crippen LogP contribution in [0.15, 0.2) is 36.4 Å². The van der Waals surface area contributed by atoms with E-state index in [2.05, 4.69) is 39.6 Å². The number of likely N-dealkylation sites (N-methyl/N-ethyl adjacent to an activating group) is 1. The van der Waals surface area contributed by atoms with E-state index in [0.29, 0.717) is 48.7 Å². The average molecular weight is 524 g/mol. The Morgan fingerprint density at radius 3 is 2.61 bits per heavy atom. The van der Waals surface area contributed by atoms with Gasteiger partial charge in [0, 0.05) is 56.6 Å². The first-order valence-corrected chi connectivity index (χ1v) is 13.4. The highest BCUT2D eigenvalue weighted by Crippen LogP contribution is 2.38. The number of amides is 2. The number of aliphatic hydroxyl groups is 1. The second-order valence-corrected chi connectivity index (χ2v) is 10.2. The molecule has 2 fully saturated rings. The number of benzene rings is 2. The van der Waals surface area contributed by atoms with Crippen LogP contribution in [0.4, 0.5) is 17.1 Å². The number of ether oxygens (including phenoxy) is 2. The summed E-state index contributed by atoms with van der Waals surface area (Å²) in [5, 5.41) is 16.6. The predicted octanol–water partition coefficient (Wildman–Crippen LogP) is 2.59. The van der Waals surface area contributed by atoms with Crippen molar-refractivity contribution in [3.63, 3.8) is 0 Å². The molecule has 0 bridgehead atoms. The molecule has 3 heterocycles. The highest BCUT2D eigenvalue weighted by atomic mass is 16.5. The molecule has 2 saturated heterocycles. The van der Waals surface area contributed by atoms with Gasteiger partial charge in [0.25, 0.3) is 5.91 Å². The summed E-state index contributed by atoms with van der Waals surface area (Å²) in [5.74, 6) is 0.701. The lowest BCUT2D eigenvalue weighted by Crippen LogP contribution is -2.44. The molecule has 2 aromatic carbocycles. The Morgan fingerprint density at radius 2 is 1.87 bits per heavy atom. The lowest BCUT2D eigenvalue weighted by molar-refractivity contribution is -0.116. The van der Waals surface area contributed by atoms with E-state index >= 15 is 0 Å². The van der Waals surface area contributed by atoms with Crippen LogP contribution >= 0.6 is 0 Å². The molecule has 0 aromatic heterocycles. The van der Waals surface area contributed by atoms with Crippen molar-refractivity contribution < 1.29 is 24.2 Å². The van der Waals surface area contributed by atoms with Gasteiger partial charge in [0.1, 0.15) is 6.23 Å². The molecule has 10 heteroatoms. The molecule has 2 aromatic rings. The van der Waals surface area contributed by atoms with Gasteiger partial charge < -0.3 is 39.9 Å². The Balaban J connectivity index is 1.13. The molecule has 38 heavy (non-hydrogen) atoms. The number of nitrogens with one attached hydrogen (secondary N) is 2. The SMILES string of the molecule is COc1cc2c(cc1OCCCC(=O)Nc1ccc(N3CCN(C)CC3)cc1)N[C@@H](O)[C@@H]1CCCN1C2=O. The van der Waals surface area contributed by atoms with Crippen molar-refractivity contribution in [3.05, 3.63) is 42.0 Å². The van der Waals surface area contributed by atoms with Crippen LogP contribution in [0.5, 0.6) is 11.5 Å². The van der Waals surface area contributed by atoms with E-state index in [1.807, 2.05) is 12.1 Å². The monoisotopic (exact) mass is 523 g/mol. The van der Waals surface area contributed by atoms with Crippen LogP contribution in [0.2, 0.25) is 0 Å². The maximum Gasteiger partial charge on any atom is 0.256 e. The zero-order valence-corrected chi connectivity index (χ0v) is 22.1. The van der Waals surface area contributed by atoms with Crippen molar-refractivity contribution in [2.75, 3.05) is 69.0 Å². The Morgan fingerprint density at radius 1 is 1.11 bits per heavy atom. The minimum Gasteiger partial charge on any atom is -0.493 e. The second kappa shape index (κ2) is 11.5. The molecule has 5 rings (SSSR count). The van der Waals surface area contributed by atoms with Crippen molar-refractivity contribution in [3.8, 4) is 11.5 Å². The van der Waals surface area contributed by atoms with Crippen molar-refractivity contribution in [1.82, 2.24) is 9.80 Å². The van der Waals surface area contributed by atoms with Gasteiger partial charge in [0.05, 0.1) is 31.0 Å². The van der Waals surface area contributed by atoms with Crippen LogP contribution in [0, 0.1) is 0 Å². The largest absolute Gasteiger partial charge is 0.493 e. The quantitative estimate of drug-likeness (QED) is 0.454. The van der Waals surface area contributed by atoms with Gasteiger partial charge in [-0.25, -0.2) is 0 Å². The standard InChI is InChI=1S/C28H37N5O5/c1-31-12-14-32(15-13-31)20-9-7-19(8-10-20)29-26(34)6-4-16-38-25-18-22-21(17-24(25)37-2)28(36)33-11-3-5-23(33)27(35)30-22/h7-10,17-18,23,27,30,35H,3-6,11-16H2,1-2H3,(H,29,34)/t23-,27-/m0/s1. The van der Waals surface area contributed by atoms with E-state index in [9.17, 15) is 14.7 Å². The van der Waals surface area contributed by atoms with Gasteiger partial charge in [-0.1, -0.05) is 0 Å². The van der Waals surface area contributed by atoms with E-state index in [4.69, 9.17) is 9.47 Å². The highest BCUT2D eigenvalue weighted by Gasteiger charge is 2.38. The van der Waals surface area contributed by atoms with E-state index in [0.717, 1.165) is 44.7 Å². The number of fused-ring (bicyclic) bond motifs is 2. The second-order valence-electron chi connectivity index (χ2n) is 10.2. The predicted molar refractivity (Wildman–Crippen MR) is 146 cm³/mol. The van der Waals surface area contributed by atoms with E-state index < -0.39 is 6.23 Å². The molecule has 3 aliphatic rings. The van der Waals surface area contributed by atoms with Crippen molar-refractivity contribution in [1.29, 1.82) is 0 Å². The van der Waals surface area contributed by atoms with Crippen LogP contribution in [0.3, 0.4) is 0 Å².